The molecule has 0 spiro atoms. The highest BCUT2D eigenvalue weighted by Crippen LogP contribution is 2.33. The lowest BCUT2D eigenvalue weighted by Crippen LogP contribution is -2.32. The zero-order chi connectivity index (χ0) is 21.4. The minimum Gasteiger partial charge on any atom is -0.345 e. The number of carbonyl (C=O) groups excluding carboxylic acids is 1. The molecule has 1 fully saturated rings. The van der Waals surface area contributed by atoms with Crippen LogP contribution in [0.15, 0.2) is 48.5 Å². The third-order valence-corrected chi connectivity index (χ3v) is 6.53. The second-order valence-electron chi connectivity index (χ2n) is 9.13. The van der Waals surface area contributed by atoms with E-state index in [1.807, 2.05) is 34.9 Å². The van der Waals surface area contributed by atoms with Gasteiger partial charge in [-0.05, 0) is 36.8 Å². The summed E-state index contributed by atoms with van der Waals surface area (Å²) in [7, 11) is 0. The zero-order valence-corrected chi connectivity index (χ0v) is 18.2. The maximum absolute atomic E-state index is 12.8. The van der Waals surface area contributed by atoms with Gasteiger partial charge >= 0.3 is 0 Å². The molecule has 160 valence electrons. The molecule has 3 aromatic rings. The molecule has 5 rings (SSSR count). The molecule has 0 aliphatic carbocycles. The Morgan fingerprint density at radius 1 is 0.968 bits per heavy atom. The minimum atomic E-state index is -0.147. The maximum Gasteiger partial charge on any atom is 0.289 e. The molecule has 31 heavy (non-hydrogen) atoms. The Hall–Kier alpha value is -2.99. The van der Waals surface area contributed by atoms with Crippen LogP contribution < -0.4 is 5.32 Å². The largest absolute Gasteiger partial charge is 0.345 e. The molecule has 0 radical (unpaired) electrons. The summed E-state index contributed by atoms with van der Waals surface area (Å²) in [5.74, 6) is 2.36. The lowest BCUT2D eigenvalue weighted by atomic mass is 9.89. The second-order valence-corrected chi connectivity index (χ2v) is 9.13. The lowest BCUT2D eigenvalue weighted by Gasteiger charge is -2.25. The van der Waals surface area contributed by atoms with Gasteiger partial charge in [-0.15, -0.1) is 10.2 Å². The van der Waals surface area contributed by atoms with Crippen LogP contribution in [0.3, 0.4) is 0 Å². The summed E-state index contributed by atoms with van der Waals surface area (Å²) in [6, 6.07) is 16.7. The fraction of sp³-hybridized carbons (Fsp3) is 0.400. The number of nitrogens with zero attached hydrogens (tertiary/aromatic N) is 4. The fourth-order valence-electron chi connectivity index (χ4n) is 5.19. The Morgan fingerprint density at radius 3 is 2.48 bits per heavy atom. The quantitative estimate of drug-likeness (QED) is 0.695. The standard InChI is InChI=1S/C25H29N5O/c1-17-8-18(2)10-20(9-17)13-29-14-21-11-23-27-28-24(30(23)16-22(21)15-29)25(31)26-12-19-6-4-3-5-7-19/h3-10,21-22H,11-16H2,1-2H3,(H,26,31)/t21-,22+/m0/s1. The van der Waals surface area contributed by atoms with Crippen LogP contribution in [0.4, 0.5) is 0 Å². The van der Waals surface area contributed by atoms with Crippen molar-refractivity contribution in [3.8, 4) is 0 Å². The molecule has 2 aliphatic rings. The number of amides is 1. The van der Waals surface area contributed by atoms with E-state index in [-0.39, 0.29) is 5.91 Å². The Balaban J connectivity index is 1.24. The average Bonchev–Trinajstić information content (AvgIpc) is 3.32. The maximum atomic E-state index is 12.8. The first kappa shape index (κ1) is 19.9. The van der Waals surface area contributed by atoms with Crippen molar-refractivity contribution in [2.24, 2.45) is 11.8 Å². The first-order valence-electron chi connectivity index (χ1n) is 11.1. The van der Waals surface area contributed by atoms with Crippen LogP contribution in [-0.4, -0.2) is 38.7 Å². The molecular weight excluding hydrogens is 386 g/mol. The monoisotopic (exact) mass is 415 g/mol. The Morgan fingerprint density at radius 2 is 1.71 bits per heavy atom. The third-order valence-electron chi connectivity index (χ3n) is 6.53. The van der Waals surface area contributed by atoms with Crippen molar-refractivity contribution in [2.75, 3.05) is 13.1 Å². The van der Waals surface area contributed by atoms with Gasteiger partial charge in [-0.1, -0.05) is 59.7 Å². The van der Waals surface area contributed by atoms with Gasteiger partial charge in [0.25, 0.3) is 5.91 Å². The molecule has 2 aliphatic heterocycles. The molecule has 3 heterocycles. The van der Waals surface area contributed by atoms with Gasteiger partial charge in [-0.3, -0.25) is 9.69 Å². The number of likely N-dealkylation sites (tertiary alicyclic amines) is 1. The van der Waals surface area contributed by atoms with Crippen LogP contribution in [0.5, 0.6) is 0 Å². The first-order valence-corrected chi connectivity index (χ1v) is 11.1. The summed E-state index contributed by atoms with van der Waals surface area (Å²) in [5.41, 5.74) is 5.11. The third kappa shape index (κ3) is 4.26. The van der Waals surface area contributed by atoms with Crippen LogP contribution >= 0.6 is 0 Å². The van der Waals surface area contributed by atoms with E-state index in [1.54, 1.807) is 0 Å². The first-order chi connectivity index (χ1) is 15.0. The molecule has 0 unspecified atom stereocenters. The van der Waals surface area contributed by atoms with E-state index in [2.05, 4.69) is 52.5 Å². The summed E-state index contributed by atoms with van der Waals surface area (Å²) < 4.78 is 2.04. The zero-order valence-electron chi connectivity index (χ0n) is 18.2. The Bertz CT molecular complexity index is 1070. The lowest BCUT2D eigenvalue weighted by molar-refractivity contribution is 0.0932. The number of nitrogens with one attached hydrogen (secondary N) is 1. The Labute approximate surface area is 183 Å². The highest BCUT2D eigenvalue weighted by molar-refractivity contribution is 5.90. The van der Waals surface area contributed by atoms with Gasteiger partial charge in [0.05, 0.1) is 0 Å². The van der Waals surface area contributed by atoms with Gasteiger partial charge < -0.3 is 9.88 Å². The summed E-state index contributed by atoms with van der Waals surface area (Å²) >= 11 is 0. The molecular formula is C25H29N5O. The molecule has 6 nitrogen and oxygen atoms in total. The van der Waals surface area contributed by atoms with Gasteiger partial charge in [0.2, 0.25) is 5.82 Å². The van der Waals surface area contributed by atoms with Gasteiger partial charge in [-0.25, -0.2) is 0 Å². The number of hydrogen-bond acceptors (Lipinski definition) is 4. The number of aromatic nitrogens is 3. The topological polar surface area (TPSA) is 63.1 Å². The molecule has 1 N–H and O–H groups in total. The van der Waals surface area contributed by atoms with E-state index >= 15 is 0 Å². The fourth-order valence-corrected chi connectivity index (χ4v) is 5.19. The van der Waals surface area contributed by atoms with Crippen molar-refractivity contribution < 1.29 is 4.79 Å². The molecule has 1 aromatic heterocycles. The minimum absolute atomic E-state index is 0.147. The predicted molar refractivity (Wildman–Crippen MR) is 120 cm³/mol. The van der Waals surface area contributed by atoms with E-state index < -0.39 is 0 Å². The summed E-state index contributed by atoms with van der Waals surface area (Å²) in [6.45, 7) is 8.77. The molecule has 0 saturated carbocycles. The highest BCUT2D eigenvalue weighted by Gasteiger charge is 2.39. The van der Waals surface area contributed by atoms with Gasteiger partial charge in [-0.2, -0.15) is 0 Å². The number of aryl methyl sites for hydroxylation is 2. The second kappa shape index (κ2) is 8.27. The SMILES string of the molecule is Cc1cc(C)cc(CN2C[C@@H]3Cn4c(nnc4C(=O)NCc4ccccc4)C[C@H]3C2)c1. The van der Waals surface area contributed by atoms with Crippen molar-refractivity contribution in [3.63, 3.8) is 0 Å². The summed E-state index contributed by atoms with van der Waals surface area (Å²) in [6.07, 6.45) is 0.896. The molecule has 1 saturated heterocycles. The van der Waals surface area contributed by atoms with E-state index in [0.717, 1.165) is 44.0 Å². The van der Waals surface area contributed by atoms with Crippen LogP contribution in [0.25, 0.3) is 0 Å². The van der Waals surface area contributed by atoms with Crippen molar-refractivity contribution in [2.45, 2.75) is 39.9 Å². The number of carbonyl (C=O) groups is 1. The van der Waals surface area contributed by atoms with Crippen molar-refractivity contribution >= 4 is 5.91 Å². The normalized spacial score (nSPS) is 20.3. The number of rotatable bonds is 5. The van der Waals surface area contributed by atoms with Crippen LogP contribution in [0.2, 0.25) is 0 Å². The van der Waals surface area contributed by atoms with Crippen molar-refractivity contribution in [1.29, 1.82) is 0 Å². The summed E-state index contributed by atoms with van der Waals surface area (Å²) in [4.78, 5) is 15.3. The van der Waals surface area contributed by atoms with Gasteiger partial charge in [0.15, 0.2) is 0 Å². The van der Waals surface area contributed by atoms with Crippen LogP contribution in [0.1, 0.15) is 38.7 Å². The van der Waals surface area contributed by atoms with Gasteiger partial charge in [0, 0.05) is 39.1 Å². The summed E-state index contributed by atoms with van der Waals surface area (Å²) in [5, 5.41) is 11.6. The van der Waals surface area contributed by atoms with Gasteiger partial charge in [0.1, 0.15) is 5.82 Å². The predicted octanol–water partition coefficient (Wildman–Crippen LogP) is 3.13. The molecule has 2 atom stereocenters. The number of fused-ring (bicyclic) bond motifs is 2. The molecule has 1 amide bonds. The highest BCUT2D eigenvalue weighted by atomic mass is 16.2. The van der Waals surface area contributed by atoms with E-state index in [4.69, 9.17) is 0 Å². The Kier molecular flexibility index (Phi) is 5.32. The van der Waals surface area contributed by atoms with Crippen molar-refractivity contribution in [3.05, 3.63) is 82.4 Å². The molecule has 0 bridgehead atoms. The van der Waals surface area contributed by atoms with Crippen molar-refractivity contribution in [1.82, 2.24) is 25.0 Å². The smallest absolute Gasteiger partial charge is 0.289 e. The van der Waals surface area contributed by atoms with E-state index in [0.29, 0.717) is 24.2 Å². The average molecular weight is 416 g/mol. The molecule has 2 aromatic carbocycles. The van der Waals surface area contributed by atoms with Crippen LogP contribution in [-0.2, 0) is 26.1 Å². The number of benzene rings is 2. The van der Waals surface area contributed by atoms with E-state index in [9.17, 15) is 4.79 Å². The van der Waals surface area contributed by atoms with E-state index in [1.165, 1.54) is 16.7 Å². The van der Waals surface area contributed by atoms with Crippen LogP contribution in [0, 0.1) is 25.7 Å². The number of hydrogen-bond donors (Lipinski definition) is 1. The molecule has 6 heteroatoms.